The molecule has 0 bridgehead atoms. The minimum atomic E-state index is 0.514. The predicted octanol–water partition coefficient (Wildman–Crippen LogP) is 3.74. The number of nitrogens with zero attached hydrogens (tertiary/aromatic N) is 3. The molecule has 0 aliphatic heterocycles. The lowest BCUT2D eigenvalue weighted by Gasteiger charge is -2.25. The van der Waals surface area contributed by atoms with E-state index in [9.17, 15) is 0 Å². The molecule has 2 heterocycles. The largest absolute Gasteiger partial charge is 0.370 e. The molecule has 110 valence electrons. The van der Waals surface area contributed by atoms with Crippen LogP contribution in [0.5, 0.6) is 0 Å². The van der Waals surface area contributed by atoms with Crippen LogP contribution in [0.3, 0.4) is 0 Å². The third kappa shape index (κ3) is 3.46. The van der Waals surface area contributed by atoms with E-state index < -0.39 is 0 Å². The molecular formula is C15H24N4S. The topological polar surface area (TPSA) is 41.1 Å². The molecule has 0 fully saturated rings. The molecule has 0 atom stereocenters. The van der Waals surface area contributed by atoms with Gasteiger partial charge in [0.2, 0.25) is 0 Å². The minimum Gasteiger partial charge on any atom is -0.370 e. The molecule has 20 heavy (non-hydrogen) atoms. The molecule has 0 unspecified atom stereocenters. The van der Waals surface area contributed by atoms with E-state index >= 15 is 0 Å². The fourth-order valence-corrected chi connectivity index (χ4v) is 3.04. The molecule has 1 N–H and O–H groups in total. The zero-order valence-corrected chi connectivity index (χ0v) is 13.6. The van der Waals surface area contributed by atoms with E-state index in [1.54, 1.807) is 11.3 Å². The van der Waals surface area contributed by atoms with Crippen molar-refractivity contribution in [1.29, 1.82) is 0 Å². The molecule has 0 saturated heterocycles. The Morgan fingerprint density at radius 1 is 1.30 bits per heavy atom. The van der Waals surface area contributed by atoms with Crippen molar-refractivity contribution >= 4 is 27.4 Å². The third-order valence-electron chi connectivity index (χ3n) is 3.30. The van der Waals surface area contributed by atoms with Gasteiger partial charge < -0.3 is 5.32 Å². The minimum absolute atomic E-state index is 0.514. The number of thiophene rings is 1. The van der Waals surface area contributed by atoms with Crippen molar-refractivity contribution in [3.05, 3.63) is 17.3 Å². The van der Waals surface area contributed by atoms with E-state index in [2.05, 4.69) is 49.4 Å². The molecule has 0 aromatic carbocycles. The van der Waals surface area contributed by atoms with Gasteiger partial charge in [-0.2, -0.15) is 0 Å². The number of hydrogen-bond acceptors (Lipinski definition) is 5. The van der Waals surface area contributed by atoms with Gasteiger partial charge in [-0.15, -0.1) is 11.3 Å². The quantitative estimate of drug-likeness (QED) is 0.844. The summed E-state index contributed by atoms with van der Waals surface area (Å²) in [7, 11) is 0. The maximum atomic E-state index is 4.71. The summed E-state index contributed by atoms with van der Waals surface area (Å²) in [6, 6.07) is 2.61. The van der Waals surface area contributed by atoms with Crippen LogP contribution in [0.25, 0.3) is 10.2 Å². The second-order valence-electron chi connectivity index (χ2n) is 5.22. The van der Waals surface area contributed by atoms with Gasteiger partial charge >= 0.3 is 0 Å². The van der Waals surface area contributed by atoms with Crippen LogP contribution in [-0.2, 0) is 6.54 Å². The fourth-order valence-electron chi connectivity index (χ4n) is 2.26. The van der Waals surface area contributed by atoms with Crippen molar-refractivity contribution in [3.63, 3.8) is 0 Å². The van der Waals surface area contributed by atoms with Gasteiger partial charge in [-0.1, -0.05) is 6.92 Å². The van der Waals surface area contributed by atoms with Crippen molar-refractivity contribution in [2.75, 3.05) is 18.4 Å². The van der Waals surface area contributed by atoms with E-state index in [1.807, 2.05) is 0 Å². The Hall–Kier alpha value is -1.20. The van der Waals surface area contributed by atoms with Gasteiger partial charge in [0.05, 0.1) is 11.9 Å². The van der Waals surface area contributed by atoms with Gasteiger partial charge in [-0.25, -0.2) is 9.97 Å². The Kier molecular flexibility index (Phi) is 5.31. The predicted molar refractivity (Wildman–Crippen MR) is 87.4 cm³/mol. The second kappa shape index (κ2) is 6.99. The van der Waals surface area contributed by atoms with Crippen LogP contribution >= 0.6 is 11.3 Å². The van der Waals surface area contributed by atoms with Gasteiger partial charge in [0.1, 0.15) is 16.5 Å². The molecule has 0 spiro atoms. The number of fused-ring (bicyclic) bond motifs is 1. The molecule has 0 aliphatic rings. The summed E-state index contributed by atoms with van der Waals surface area (Å²) in [5, 5.41) is 6.56. The fraction of sp³-hybridized carbons (Fsp3) is 0.600. The maximum absolute atomic E-state index is 4.71. The van der Waals surface area contributed by atoms with Crippen LogP contribution in [0.1, 0.15) is 39.9 Å². The normalized spacial score (nSPS) is 11.7. The molecule has 0 amide bonds. The van der Waals surface area contributed by atoms with Crippen molar-refractivity contribution in [2.24, 2.45) is 0 Å². The van der Waals surface area contributed by atoms with Crippen LogP contribution in [0.4, 0.5) is 5.82 Å². The van der Waals surface area contributed by atoms with Gasteiger partial charge in [0.25, 0.3) is 0 Å². The first-order valence-corrected chi connectivity index (χ1v) is 8.25. The zero-order chi connectivity index (χ0) is 14.5. The standard InChI is InChI=1S/C15H24N4S/c1-5-8-19(11(3)4)10-13-17-14(16-6-2)12-7-9-20-15(12)18-13/h7,9,11H,5-6,8,10H2,1-4H3,(H,16,17,18). The summed E-state index contributed by atoms with van der Waals surface area (Å²) in [6.45, 7) is 11.5. The first-order valence-electron chi connectivity index (χ1n) is 7.37. The third-order valence-corrected chi connectivity index (χ3v) is 4.11. The van der Waals surface area contributed by atoms with E-state index in [1.165, 1.54) is 0 Å². The first kappa shape index (κ1) is 15.2. The lowest BCUT2D eigenvalue weighted by Crippen LogP contribution is -2.31. The molecule has 0 aliphatic carbocycles. The lowest BCUT2D eigenvalue weighted by atomic mass is 10.3. The number of aromatic nitrogens is 2. The number of anilines is 1. The van der Waals surface area contributed by atoms with Crippen molar-refractivity contribution in [1.82, 2.24) is 14.9 Å². The monoisotopic (exact) mass is 292 g/mol. The van der Waals surface area contributed by atoms with E-state index in [0.717, 1.165) is 47.9 Å². The Balaban J connectivity index is 2.28. The molecule has 0 saturated carbocycles. The zero-order valence-electron chi connectivity index (χ0n) is 12.8. The van der Waals surface area contributed by atoms with Crippen LogP contribution in [-0.4, -0.2) is 34.0 Å². The number of nitrogens with one attached hydrogen (secondary N) is 1. The van der Waals surface area contributed by atoms with Crippen LogP contribution < -0.4 is 5.32 Å². The number of hydrogen-bond donors (Lipinski definition) is 1. The highest BCUT2D eigenvalue weighted by Crippen LogP contribution is 2.25. The molecular weight excluding hydrogens is 268 g/mol. The van der Waals surface area contributed by atoms with Crippen molar-refractivity contribution in [2.45, 2.75) is 46.7 Å². The highest BCUT2D eigenvalue weighted by Gasteiger charge is 2.13. The average Bonchev–Trinajstić information content (AvgIpc) is 2.87. The molecule has 2 aromatic heterocycles. The van der Waals surface area contributed by atoms with E-state index in [4.69, 9.17) is 9.97 Å². The SMILES string of the molecule is CCCN(Cc1nc(NCC)c2ccsc2n1)C(C)C. The average molecular weight is 292 g/mol. The van der Waals surface area contributed by atoms with Gasteiger partial charge in [0.15, 0.2) is 0 Å². The lowest BCUT2D eigenvalue weighted by molar-refractivity contribution is 0.208. The molecule has 4 nitrogen and oxygen atoms in total. The molecule has 2 aromatic rings. The Labute approximate surface area is 125 Å². The maximum Gasteiger partial charge on any atom is 0.146 e. The summed E-state index contributed by atoms with van der Waals surface area (Å²) in [4.78, 5) is 12.9. The highest BCUT2D eigenvalue weighted by atomic mass is 32.1. The van der Waals surface area contributed by atoms with E-state index in [-0.39, 0.29) is 0 Å². The van der Waals surface area contributed by atoms with E-state index in [0.29, 0.717) is 6.04 Å². The first-order chi connectivity index (χ1) is 9.65. The molecule has 0 radical (unpaired) electrons. The van der Waals surface area contributed by atoms with Gasteiger partial charge in [-0.3, -0.25) is 4.90 Å². The second-order valence-corrected chi connectivity index (χ2v) is 6.12. The Bertz CT molecular complexity index is 550. The summed E-state index contributed by atoms with van der Waals surface area (Å²) in [6.07, 6.45) is 1.15. The van der Waals surface area contributed by atoms with Crippen LogP contribution in [0, 0.1) is 0 Å². The summed E-state index contributed by atoms with van der Waals surface area (Å²) in [5.74, 6) is 1.88. The Morgan fingerprint density at radius 2 is 2.10 bits per heavy atom. The van der Waals surface area contributed by atoms with Crippen molar-refractivity contribution < 1.29 is 0 Å². The van der Waals surface area contributed by atoms with Gasteiger partial charge in [-0.05, 0) is 45.2 Å². The highest BCUT2D eigenvalue weighted by molar-refractivity contribution is 7.16. The molecule has 2 rings (SSSR count). The smallest absolute Gasteiger partial charge is 0.146 e. The number of rotatable bonds is 7. The summed E-state index contributed by atoms with van der Waals surface area (Å²) < 4.78 is 0. The Morgan fingerprint density at radius 3 is 2.75 bits per heavy atom. The van der Waals surface area contributed by atoms with Crippen molar-refractivity contribution in [3.8, 4) is 0 Å². The van der Waals surface area contributed by atoms with Gasteiger partial charge in [0, 0.05) is 12.6 Å². The van der Waals surface area contributed by atoms with Crippen LogP contribution in [0.15, 0.2) is 11.4 Å². The summed E-state index contributed by atoms with van der Waals surface area (Å²) in [5.41, 5.74) is 0. The summed E-state index contributed by atoms with van der Waals surface area (Å²) >= 11 is 1.68. The van der Waals surface area contributed by atoms with Crippen LogP contribution in [0.2, 0.25) is 0 Å². The molecule has 5 heteroatoms.